The highest BCUT2D eigenvalue weighted by molar-refractivity contribution is 5.72. The predicted molar refractivity (Wildman–Crippen MR) is 72.1 cm³/mol. The van der Waals surface area contributed by atoms with Crippen LogP contribution in [0.2, 0.25) is 0 Å². The first-order valence-corrected chi connectivity index (χ1v) is 6.65. The monoisotopic (exact) mass is 270 g/mol. The van der Waals surface area contributed by atoms with Crippen molar-refractivity contribution in [1.82, 2.24) is 9.97 Å². The van der Waals surface area contributed by atoms with Crippen LogP contribution in [0.3, 0.4) is 0 Å². The molecule has 1 aromatic carbocycles. The minimum absolute atomic E-state index is 0.249. The molecule has 4 rings (SSSR count). The second-order valence-corrected chi connectivity index (χ2v) is 5.01. The van der Waals surface area contributed by atoms with E-state index in [1.54, 1.807) is 13.4 Å². The number of methoxy groups -OCH3 is 1. The van der Waals surface area contributed by atoms with E-state index in [0.717, 1.165) is 28.5 Å². The quantitative estimate of drug-likeness (QED) is 0.858. The van der Waals surface area contributed by atoms with Gasteiger partial charge in [0.1, 0.15) is 12.1 Å². The fourth-order valence-corrected chi connectivity index (χ4v) is 2.41. The number of fused-ring (bicyclic) bond motifs is 1. The third-order valence-corrected chi connectivity index (χ3v) is 3.65. The lowest BCUT2D eigenvalue weighted by Crippen LogP contribution is -1.94. The maximum atomic E-state index is 5.45. The van der Waals surface area contributed by atoms with Gasteiger partial charge in [-0.05, 0) is 25.0 Å². The predicted octanol–water partition coefficient (Wildman–Crippen LogP) is 2.76. The molecular formula is C15H14N2O3. The van der Waals surface area contributed by atoms with Gasteiger partial charge < -0.3 is 14.2 Å². The zero-order valence-electron chi connectivity index (χ0n) is 11.1. The third-order valence-electron chi connectivity index (χ3n) is 3.65. The van der Waals surface area contributed by atoms with E-state index in [1.807, 2.05) is 18.2 Å². The summed E-state index contributed by atoms with van der Waals surface area (Å²) in [6.07, 6.45) is 4.05. The minimum Gasteiger partial charge on any atom is -0.496 e. The summed E-state index contributed by atoms with van der Waals surface area (Å²) in [5.74, 6) is 2.76. The number of nitrogens with zero attached hydrogens (tertiary/aromatic N) is 2. The largest absolute Gasteiger partial charge is 0.496 e. The molecule has 5 nitrogen and oxygen atoms in total. The van der Waals surface area contributed by atoms with Crippen LogP contribution in [0, 0.1) is 0 Å². The first-order chi connectivity index (χ1) is 9.85. The lowest BCUT2D eigenvalue weighted by molar-refractivity contribution is 0.174. The molecule has 1 saturated carbocycles. The van der Waals surface area contributed by atoms with E-state index in [-0.39, 0.29) is 6.79 Å². The Kier molecular flexibility index (Phi) is 2.52. The molecule has 0 spiro atoms. The van der Waals surface area contributed by atoms with Gasteiger partial charge in [0.15, 0.2) is 11.5 Å². The van der Waals surface area contributed by atoms with Gasteiger partial charge in [0.2, 0.25) is 6.79 Å². The highest BCUT2D eigenvalue weighted by Gasteiger charge is 2.26. The van der Waals surface area contributed by atoms with Gasteiger partial charge >= 0.3 is 0 Å². The minimum atomic E-state index is 0.249. The second-order valence-electron chi connectivity index (χ2n) is 5.01. The van der Waals surface area contributed by atoms with Crippen molar-refractivity contribution in [3.8, 4) is 28.5 Å². The first-order valence-electron chi connectivity index (χ1n) is 6.65. The van der Waals surface area contributed by atoms with E-state index in [9.17, 15) is 0 Å². The molecule has 0 radical (unpaired) electrons. The molecule has 0 N–H and O–H groups in total. The topological polar surface area (TPSA) is 53.5 Å². The van der Waals surface area contributed by atoms with Crippen molar-refractivity contribution in [1.29, 1.82) is 0 Å². The Morgan fingerprint density at radius 3 is 2.65 bits per heavy atom. The van der Waals surface area contributed by atoms with Crippen molar-refractivity contribution >= 4 is 0 Å². The van der Waals surface area contributed by atoms with E-state index < -0.39 is 0 Å². The molecule has 2 aliphatic rings. The van der Waals surface area contributed by atoms with E-state index in [4.69, 9.17) is 14.2 Å². The standard InChI is InChI=1S/C15H14N2O3/c1-18-13-6-15-14(19-8-20-15)4-10(13)12-5-11(9-2-3-9)16-7-17-12/h4-7,9H,2-3,8H2,1H3. The molecule has 5 heteroatoms. The maximum absolute atomic E-state index is 5.45. The summed E-state index contributed by atoms with van der Waals surface area (Å²) in [5.41, 5.74) is 2.87. The van der Waals surface area contributed by atoms with Gasteiger partial charge in [-0.15, -0.1) is 0 Å². The average molecular weight is 270 g/mol. The molecule has 102 valence electrons. The zero-order chi connectivity index (χ0) is 13.5. The van der Waals surface area contributed by atoms with E-state index >= 15 is 0 Å². The van der Waals surface area contributed by atoms with Gasteiger partial charge in [-0.2, -0.15) is 0 Å². The molecule has 2 heterocycles. The maximum Gasteiger partial charge on any atom is 0.231 e. The van der Waals surface area contributed by atoms with Crippen LogP contribution < -0.4 is 14.2 Å². The number of benzene rings is 1. The molecule has 0 unspecified atom stereocenters. The van der Waals surface area contributed by atoms with Gasteiger partial charge in [-0.25, -0.2) is 9.97 Å². The molecule has 1 fully saturated rings. The number of hydrogen-bond donors (Lipinski definition) is 0. The molecule has 1 aliphatic heterocycles. The van der Waals surface area contributed by atoms with Crippen LogP contribution in [0.4, 0.5) is 0 Å². The Morgan fingerprint density at radius 2 is 1.90 bits per heavy atom. The first kappa shape index (κ1) is 11.5. The highest BCUT2D eigenvalue weighted by atomic mass is 16.7. The van der Waals surface area contributed by atoms with Crippen LogP contribution in [-0.4, -0.2) is 23.9 Å². The highest BCUT2D eigenvalue weighted by Crippen LogP contribution is 2.43. The fraction of sp³-hybridized carbons (Fsp3) is 0.333. The number of rotatable bonds is 3. The SMILES string of the molecule is COc1cc2c(cc1-c1cc(C3CC3)ncn1)OCO2. The molecule has 0 saturated heterocycles. The van der Waals surface area contributed by atoms with Crippen molar-refractivity contribution in [2.24, 2.45) is 0 Å². The lowest BCUT2D eigenvalue weighted by atomic mass is 10.1. The number of ether oxygens (including phenoxy) is 3. The molecule has 20 heavy (non-hydrogen) atoms. The van der Waals surface area contributed by atoms with Crippen molar-refractivity contribution in [3.05, 3.63) is 30.2 Å². The average Bonchev–Trinajstić information content (AvgIpc) is 3.25. The molecule has 2 aromatic rings. The van der Waals surface area contributed by atoms with Gasteiger partial charge in [-0.3, -0.25) is 0 Å². The Bertz CT molecular complexity index is 668. The van der Waals surface area contributed by atoms with E-state index in [1.165, 1.54) is 12.8 Å². The van der Waals surface area contributed by atoms with E-state index in [2.05, 4.69) is 9.97 Å². The van der Waals surface area contributed by atoms with Crippen molar-refractivity contribution in [2.45, 2.75) is 18.8 Å². The molecule has 0 atom stereocenters. The van der Waals surface area contributed by atoms with Crippen molar-refractivity contribution < 1.29 is 14.2 Å². The summed E-state index contributed by atoms with van der Waals surface area (Å²) >= 11 is 0. The summed E-state index contributed by atoms with van der Waals surface area (Å²) in [4.78, 5) is 8.71. The molecule has 0 amide bonds. The Balaban J connectivity index is 1.82. The molecular weight excluding hydrogens is 256 g/mol. The zero-order valence-corrected chi connectivity index (χ0v) is 11.1. The lowest BCUT2D eigenvalue weighted by Gasteiger charge is -2.10. The van der Waals surface area contributed by atoms with Crippen LogP contribution in [0.15, 0.2) is 24.5 Å². The summed E-state index contributed by atoms with van der Waals surface area (Å²) in [5, 5.41) is 0. The smallest absolute Gasteiger partial charge is 0.231 e. The Morgan fingerprint density at radius 1 is 1.10 bits per heavy atom. The van der Waals surface area contributed by atoms with Gasteiger partial charge in [0.05, 0.1) is 12.8 Å². The van der Waals surface area contributed by atoms with Crippen LogP contribution in [0.5, 0.6) is 17.2 Å². The third kappa shape index (κ3) is 1.86. The number of hydrogen-bond acceptors (Lipinski definition) is 5. The second kappa shape index (κ2) is 4.37. The summed E-state index contributed by atoms with van der Waals surface area (Å²) in [6.45, 7) is 0.249. The van der Waals surface area contributed by atoms with Crippen molar-refractivity contribution in [2.75, 3.05) is 13.9 Å². The van der Waals surface area contributed by atoms with Gasteiger partial charge in [-0.1, -0.05) is 0 Å². The Labute approximate surface area is 116 Å². The molecule has 1 aliphatic carbocycles. The summed E-state index contributed by atoms with van der Waals surface area (Å²) in [7, 11) is 1.64. The summed E-state index contributed by atoms with van der Waals surface area (Å²) < 4.78 is 16.2. The molecule has 0 bridgehead atoms. The summed E-state index contributed by atoms with van der Waals surface area (Å²) in [6, 6.07) is 5.80. The Hall–Kier alpha value is -2.30. The van der Waals surface area contributed by atoms with Gasteiger partial charge in [0, 0.05) is 23.2 Å². The van der Waals surface area contributed by atoms with Crippen LogP contribution in [-0.2, 0) is 0 Å². The normalized spacial score (nSPS) is 16.2. The van der Waals surface area contributed by atoms with Crippen LogP contribution >= 0.6 is 0 Å². The van der Waals surface area contributed by atoms with Crippen LogP contribution in [0.1, 0.15) is 24.5 Å². The molecule has 1 aromatic heterocycles. The van der Waals surface area contributed by atoms with E-state index in [0.29, 0.717) is 11.7 Å². The van der Waals surface area contributed by atoms with Crippen LogP contribution in [0.25, 0.3) is 11.3 Å². The van der Waals surface area contributed by atoms with Gasteiger partial charge in [0.25, 0.3) is 0 Å². The van der Waals surface area contributed by atoms with Crippen molar-refractivity contribution in [3.63, 3.8) is 0 Å². The number of aromatic nitrogens is 2. The fourth-order valence-electron chi connectivity index (χ4n) is 2.41.